The maximum Gasteiger partial charge on any atom is 0.213 e. The first kappa shape index (κ1) is 8.99. The van der Waals surface area contributed by atoms with Crippen LogP contribution in [0.5, 0.6) is 5.88 Å². The Morgan fingerprint density at radius 1 is 1.57 bits per heavy atom. The molecule has 0 amide bonds. The fourth-order valence-electron chi connectivity index (χ4n) is 1.62. The first-order valence-electron chi connectivity index (χ1n) is 4.51. The average Bonchev–Trinajstić information content (AvgIpc) is 2.16. The third-order valence-corrected chi connectivity index (χ3v) is 2.30. The van der Waals surface area contributed by atoms with E-state index in [-0.39, 0.29) is 5.78 Å². The van der Waals surface area contributed by atoms with E-state index in [1.807, 2.05) is 13.0 Å². The Kier molecular flexibility index (Phi) is 2.11. The number of carbonyl (C=O) groups excluding carboxylic acids is 1. The van der Waals surface area contributed by atoms with Crippen LogP contribution in [0.15, 0.2) is 6.07 Å². The minimum absolute atomic E-state index is 0.164. The summed E-state index contributed by atoms with van der Waals surface area (Å²) in [6.07, 6.45) is 0.403. The van der Waals surface area contributed by atoms with Crippen LogP contribution >= 0.6 is 0 Å². The predicted octanol–water partition coefficient (Wildman–Crippen LogP) is 0.936. The van der Waals surface area contributed by atoms with Crippen molar-refractivity contribution in [1.29, 1.82) is 0 Å². The molecule has 4 nitrogen and oxygen atoms in total. The predicted molar refractivity (Wildman–Crippen MR) is 52.7 cm³/mol. The molecule has 0 aromatic carbocycles. The third-order valence-electron chi connectivity index (χ3n) is 2.30. The van der Waals surface area contributed by atoms with E-state index < -0.39 is 0 Å². The van der Waals surface area contributed by atoms with Crippen molar-refractivity contribution in [3.63, 3.8) is 0 Å². The van der Waals surface area contributed by atoms with Gasteiger partial charge in [-0.15, -0.1) is 0 Å². The smallest absolute Gasteiger partial charge is 0.213 e. The first-order chi connectivity index (χ1) is 6.70. The van der Waals surface area contributed by atoms with E-state index in [2.05, 4.69) is 10.3 Å². The van der Waals surface area contributed by atoms with Gasteiger partial charge in [-0.2, -0.15) is 0 Å². The number of nitrogens with one attached hydrogen (secondary N) is 1. The summed E-state index contributed by atoms with van der Waals surface area (Å²) < 4.78 is 5.05. The molecule has 1 aliphatic heterocycles. The number of Topliss-reactive ketones (excluding diaryl/α,β-unsaturated/α-hetero) is 1. The van der Waals surface area contributed by atoms with Gasteiger partial charge in [0, 0.05) is 6.07 Å². The molecule has 1 aromatic heterocycles. The van der Waals surface area contributed by atoms with E-state index in [4.69, 9.17) is 4.74 Å². The lowest BCUT2D eigenvalue weighted by Crippen LogP contribution is -2.24. The van der Waals surface area contributed by atoms with Gasteiger partial charge in [-0.3, -0.25) is 4.79 Å². The molecule has 2 rings (SSSR count). The normalized spacial score (nSPS) is 14.6. The highest BCUT2D eigenvalue weighted by molar-refractivity contribution is 5.89. The zero-order chi connectivity index (χ0) is 10.1. The summed E-state index contributed by atoms with van der Waals surface area (Å²) in [6, 6.07) is 1.86. The van der Waals surface area contributed by atoms with E-state index in [0.29, 0.717) is 18.8 Å². The number of hydrogen-bond acceptors (Lipinski definition) is 4. The maximum atomic E-state index is 11.2. The summed E-state index contributed by atoms with van der Waals surface area (Å²) in [5.41, 5.74) is 2.84. The van der Waals surface area contributed by atoms with Crippen LogP contribution in [0, 0.1) is 6.92 Å². The van der Waals surface area contributed by atoms with Gasteiger partial charge in [0.2, 0.25) is 5.88 Å². The molecule has 0 saturated carbocycles. The fourth-order valence-corrected chi connectivity index (χ4v) is 1.62. The van der Waals surface area contributed by atoms with Gasteiger partial charge < -0.3 is 10.1 Å². The second-order valence-electron chi connectivity index (χ2n) is 3.37. The van der Waals surface area contributed by atoms with Gasteiger partial charge in [-0.25, -0.2) is 4.98 Å². The summed E-state index contributed by atoms with van der Waals surface area (Å²) in [5.74, 6) is 0.732. The standard InChI is InChI=1S/C10H12N2O2/c1-6-3-9(14-2)12-8-4-7(13)5-11-10(6)8/h3,11H,4-5H2,1-2H3. The third kappa shape index (κ3) is 1.43. The monoisotopic (exact) mass is 192 g/mol. The minimum Gasteiger partial charge on any atom is -0.481 e. The Morgan fingerprint density at radius 2 is 2.36 bits per heavy atom. The van der Waals surface area contributed by atoms with Crippen molar-refractivity contribution >= 4 is 11.5 Å². The van der Waals surface area contributed by atoms with Crippen LogP contribution in [-0.2, 0) is 11.2 Å². The van der Waals surface area contributed by atoms with Gasteiger partial charge in [0.15, 0.2) is 5.78 Å². The van der Waals surface area contributed by atoms with Crippen LogP contribution in [0.4, 0.5) is 5.69 Å². The van der Waals surface area contributed by atoms with Crippen molar-refractivity contribution in [3.8, 4) is 5.88 Å². The molecule has 0 spiro atoms. The molecular weight excluding hydrogens is 180 g/mol. The Labute approximate surface area is 82.3 Å². The summed E-state index contributed by atoms with van der Waals surface area (Å²) >= 11 is 0. The van der Waals surface area contributed by atoms with Crippen LogP contribution in [0.2, 0.25) is 0 Å². The van der Waals surface area contributed by atoms with E-state index in [9.17, 15) is 4.79 Å². The van der Waals surface area contributed by atoms with Crippen molar-refractivity contribution in [2.75, 3.05) is 19.0 Å². The van der Waals surface area contributed by atoms with Crippen molar-refractivity contribution in [3.05, 3.63) is 17.3 Å². The molecule has 0 fully saturated rings. The van der Waals surface area contributed by atoms with Crippen LogP contribution < -0.4 is 10.1 Å². The van der Waals surface area contributed by atoms with Gasteiger partial charge in [0.1, 0.15) is 0 Å². The number of hydrogen-bond donors (Lipinski definition) is 1. The van der Waals surface area contributed by atoms with Gasteiger partial charge in [-0.05, 0) is 12.5 Å². The second kappa shape index (κ2) is 3.29. The number of rotatable bonds is 1. The summed E-state index contributed by atoms with van der Waals surface area (Å²) in [4.78, 5) is 15.4. The number of pyridine rings is 1. The molecule has 0 saturated heterocycles. The Morgan fingerprint density at radius 3 is 3.07 bits per heavy atom. The van der Waals surface area contributed by atoms with Crippen LogP contribution in [-0.4, -0.2) is 24.4 Å². The van der Waals surface area contributed by atoms with E-state index in [1.165, 1.54) is 0 Å². The van der Waals surface area contributed by atoms with Crippen LogP contribution in [0.1, 0.15) is 11.3 Å². The highest BCUT2D eigenvalue weighted by Crippen LogP contribution is 2.26. The van der Waals surface area contributed by atoms with E-state index in [1.54, 1.807) is 7.11 Å². The topological polar surface area (TPSA) is 51.2 Å². The highest BCUT2D eigenvalue weighted by Gasteiger charge is 2.18. The number of fused-ring (bicyclic) bond motifs is 1. The maximum absolute atomic E-state index is 11.2. The second-order valence-corrected chi connectivity index (χ2v) is 3.37. The van der Waals surface area contributed by atoms with Crippen LogP contribution in [0.3, 0.4) is 0 Å². The molecule has 0 unspecified atom stereocenters. The molecule has 14 heavy (non-hydrogen) atoms. The Bertz CT molecular complexity index is 388. The number of nitrogens with zero attached hydrogens (tertiary/aromatic N) is 1. The summed E-state index contributed by atoms with van der Waals surface area (Å²) in [6.45, 7) is 2.38. The lowest BCUT2D eigenvalue weighted by molar-refractivity contribution is -0.117. The SMILES string of the molecule is COc1cc(C)c2c(n1)CC(=O)CN2. The lowest BCUT2D eigenvalue weighted by atomic mass is 10.1. The molecule has 1 N–H and O–H groups in total. The first-order valence-corrected chi connectivity index (χ1v) is 4.51. The Balaban J connectivity index is 2.48. The molecule has 1 aromatic rings. The number of carbonyl (C=O) groups is 1. The van der Waals surface area contributed by atoms with E-state index >= 15 is 0 Å². The molecular formula is C10H12N2O2. The molecule has 2 heterocycles. The van der Waals surface area contributed by atoms with Crippen molar-refractivity contribution in [2.24, 2.45) is 0 Å². The van der Waals surface area contributed by atoms with Crippen molar-refractivity contribution in [1.82, 2.24) is 4.98 Å². The highest BCUT2D eigenvalue weighted by atomic mass is 16.5. The zero-order valence-electron chi connectivity index (χ0n) is 8.26. The number of anilines is 1. The van der Waals surface area contributed by atoms with Crippen LogP contribution in [0.25, 0.3) is 0 Å². The number of ether oxygens (including phenoxy) is 1. The van der Waals surface area contributed by atoms with Gasteiger partial charge >= 0.3 is 0 Å². The number of aryl methyl sites for hydroxylation is 1. The fraction of sp³-hybridized carbons (Fsp3) is 0.400. The molecule has 0 aliphatic carbocycles. The largest absolute Gasteiger partial charge is 0.481 e. The summed E-state index contributed by atoms with van der Waals surface area (Å²) in [5, 5.41) is 3.06. The molecule has 0 atom stereocenters. The van der Waals surface area contributed by atoms with Gasteiger partial charge in [0.25, 0.3) is 0 Å². The zero-order valence-corrected chi connectivity index (χ0v) is 8.26. The average molecular weight is 192 g/mol. The number of ketones is 1. The lowest BCUT2D eigenvalue weighted by Gasteiger charge is -2.18. The molecule has 0 bridgehead atoms. The quantitative estimate of drug-likeness (QED) is 0.719. The van der Waals surface area contributed by atoms with Crippen molar-refractivity contribution in [2.45, 2.75) is 13.3 Å². The van der Waals surface area contributed by atoms with Gasteiger partial charge in [0.05, 0.1) is 31.5 Å². The molecule has 74 valence electrons. The summed E-state index contributed by atoms with van der Waals surface area (Å²) in [7, 11) is 1.58. The van der Waals surface area contributed by atoms with E-state index in [0.717, 1.165) is 16.9 Å². The number of aromatic nitrogens is 1. The molecule has 1 aliphatic rings. The minimum atomic E-state index is 0.164. The van der Waals surface area contributed by atoms with Crippen molar-refractivity contribution < 1.29 is 9.53 Å². The molecule has 0 radical (unpaired) electrons. The number of methoxy groups -OCH3 is 1. The molecule has 4 heteroatoms. The Hall–Kier alpha value is -1.58. The van der Waals surface area contributed by atoms with Gasteiger partial charge in [-0.1, -0.05) is 0 Å².